The van der Waals surface area contributed by atoms with Gasteiger partial charge in [0.25, 0.3) is 23.6 Å². The molecular weight excluding hydrogens is 1590 g/mol. The minimum Gasteiger partial charge on any atom is -0.423 e. The maximum atomic E-state index is 14.7. The molecule has 14 aromatic rings. The van der Waals surface area contributed by atoms with Gasteiger partial charge in [-0.2, -0.15) is 5.26 Å². The molecule has 0 fully saturated rings. The normalized spacial score (nSPS) is 13.0. The van der Waals surface area contributed by atoms with E-state index in [1.807, 2.05) is 121 Å². The van der Waals surface area contributed by atoms with Crippen LogP contribution in [0.4, 0.5) is 0 Å². The Balaban J connectivity index is 0.987. The van der Waals surface area contributed by atoms with Gasteiger partial charge in [0.1, 0.15) is 28.8 Å². The van der Waals surface area contributed by atoms with E-state index in [1.54, 1.807) is 72.8 Å². The van der Waals surface area contributed by atoms with Crippen LogP contribution in [0.5, 0.6) is 11.5 Å². The van der Waals surface area contributed by atoms with Crippen LogP contribution in [0, 0.1) is 17.9 Å². The molecule has 0 N–H and O–H groups in total. The molecule has 0 saturated heterocycles. The molecule has 26 heteroatoms. The fourth-order valence-electron chi connectivity index (χ4n) is 16.1. The van der Waals surface area contributed by atoms with Gasteiger partial charge < -0.3 is 28.2 Å². The second kappa shape index (κ2) is 34.8. The Morgan fingerprint density at radius 3 is 1.18 bits per heavy atom. The molecule has 6 heterocycles. The van der Waals surface area contributed by atoms with E-state index in [2.05, 4.69) is 57.4 Å². The van der Waals surface area contributed by atoms with Crippen molar-refractivity contribution in [1.29, 1.82) is 5.26 Å². The fourth-order valence-corrected chi connectivity index (χ4v) is 16.8. The van der Waals surface area contributed by atoms with Crippen LogP contribution in [0.25, 0.3) is 71.5 Å². The van der Waals surface area contributed by atoms with E-state index in [9.17, 15) is 40.6 Å². The number of halogens is 4. The fraction of sp³-hybridized carbons (Fsp3) is 0.149. The third-order valence-electron chi connectivity index (χ3n) is 22.1. The van der Waals surface area contributed by atoms with Crippen molar-refractivity contribution in [2.75, 3.05) is 52.4 Å². The average Bonchev–Trinajstić information content (AvgIpc) is 1.52. The number of carbonyl (C=O) groups is 6. The first-order valence-corrected chi connectivity index (χ1v) is 40.8. The lowest BCUT2D eigenvalue weighted by molar-refractivity contribution is 0.0632. The SMILES string of the molecule is [C-]#[N+]/C(c1cnc2cc(Cl)c(Cl)cc2n1)=c1\c2c(-c3ccc(OC(=O)c4ccc5c(c4)C(=O)N(CCCN(CC)CC)C5=O)cc3)n(B(c3ccccc3)c3ccccc3)/c(=C(/C#N)c3cnc4cc(Cl)c(Cl)cc4n3)c2c(-c2ccc(OC(=O)c3ccc4c(c3)C(=O)N(CCCN(CC)CC)C4=O)cc2)n1B(c1ccccc1)c1ccccc1. The van der Waals surface area contributed by atoms with Gasteiger partial charge in [0, 0.05) is 46.8 Å². The van der Waals surface area contributed by atoms with Crippen molar-refractivity contribution in [3.05, 3.63) is 330 Å². The summed E-state index contributed by atoms with van der Waals surface area (Å²) in [7, 11) is 0. The molecule has 0 radical (unpaired) electrons. The number of nitriles is 1. The highest BCUT2D eigenvalue weighted by atomic mass is 35.5. The standard InChI is InChI=1S/C94H72B2Cl4N12O8/c1-6-107(7-2)44-22-46-109-89(113)67-42-36-59(48-69(67)91(109)115)93(117)119-65-38-32-57(33-39-65)85-82-83(88(84(102-5)81-56-104-77-51-73(98)75(100)53-79(77)106-81)112(85)96(63-28-18-12-19-29-63)64-30-20-13-21-31-64)86(58-34-40-66(41-35-58)120-94(118)60-37-43-68-70(49-60)92(116)110(90(68)114)47-23-45-108(8-3)9-4)111(95(61-24-14-10-15-25-61)62-26-16-11-17-27-62)87(82)71(54-101)80-55-103-76-50-72(97)74(99)52-78(76)105-80/h10-21,24-43,48-53,55-56H,6-9,22-23,44-47H2,1-4H3/b87-71-,88-84+. The summed E-state index contributed by atoms with van der Waals surface area (Å²) in [6.07, 6.45) is 4.16. The van der Waals surface area contributed by atoms with Gasteiger partial charge in [0.2, 0.25) is 5.70 Å². The summed E-state index contributed by atoms with van der Waals surface area (Å²) in [5.74, 6) is -3.33. The highest BCUT2D eigenvalue weighted by Crippen LogP contribution is 2.40. The number of hydrogen-bond donors (Lipinski definition) is 0. The molecule has 16 rings (SSSR count). The van der Waals surface area contributed by atoms with E-state index in [-0.39, 0.29) is 111 Å². The molecule has 10 aromatic carbocycles. The summed E-state index contributed by atoms with van der Waals surface area (Å²) >= 11 is 27.0. The van der Waals surface area contributed by atoms with Crippen LogP contribution in [0.3, 0.4) is 0 Å². The number of rotatable bonds is 26. The lowest BCUT2D eigenvalue weighted by atomic mass is 9.50. The van der Waals surface area contributed by atoms with E-state index in [0.717, 1.165) is 48.0 Å². The minimum absolute atomic E-state index is 0.00320. The van der Waals surface area contributed by atoms with Crippen molar-refractivity contribution >= 4 is 162 Å². The highest BCUT2D eigenvalue weighted by molar-refractivity contribution is 6.85. The number of nitrogens with zero attached hydrogens (tertiary/aromatic N) is 12. The second-order valence-corrected chi connectivity index (χ2v) is 30.6. The Kier molecular flexibility index (Phi) is 23.4. The van der Waals surface area contributed by atoms with Crippen LogP contribution < -0.4 is 42.0 Å². The maximum Gasteiger partial charge on any atom is 0.343 e. The predicted octanol–water partition coefficient (Wildman–Crippen LogP) is 14.5. The third kappa shape index (κ3) is 15.4. The van der Waals surface area contributed by atoms with E-state index in [1.165, 1.54) is 58.6 Å². The first-order chi connectivity index (χ1) is 58.4. The molecule has 0 spiro atoms. The van der Waals surface area contributed by atoms with E-state index in [4.69, 9.17) is 75.8 Å². The molecule has 20 nitrogen and oxygen atoms in total. The molecule has 2 aliphatic rings. The molecular formula is C94H72B2Cl4N12O8. The molecule has 0 aliphatic carbocycles. The Labute approximate surface area is 711 Å². The zero-order chi connectivity index (χ0) is 83.6. The number of fused-ring (bicyclic) bond motifs is 5. The predicted molar refractivity (Wildman–Crippen MR) is 471 cm³/mol. The van der Waals surface area contributed by atoms with Crippen LogP contribution in [0.15, 0.2) is 243 Å². The van der Waals surface area contributed by atoms with Crippen molar-refractivity contribution in [2.45, 2.75) is 40.5 Å². The van der Waals surface area contributed by atoms with Crippen LogP contribution in [0.1, 0.15) is 114 Å². The van der Waals surface area contributed by atoms with Gasteiger partial charge in [-0.05, 0) is 172 Å². The number of amides is 4. The molecule has 0 saturated carbocycles. The van der Waals surface area contributed by atoms with Gasteiger partial charge in [0.15, 0.2) is 0 Å². The molecule has 0 unspecified atom stereocenters. The summed E-state index contributed by atoms with van der Waals surface area (Å²) in [6.45, 7) is 21.4. The number of imide groups is 2. The summed E-state index contributed by atoms with van der Waals surface area (Å²) in [4.78, 5) is 117. The molecule has 4 amide bonds. The molecule has 2 aliphatic heterocycles. The summed E-state index contributed by atoms with van der Waals surface area (Å²) in [6, 6.07) is 70.4. The second-order valence-electron chi connectivity index (χ2n) is 28.9. The van der Waals surface area contributed by atoms with Gasteiger partial charge in [-0.25, -0.2) is 19.4 Å². The largest absolute Gasteiger partial charge is 0.423 e. The Morgan fingerprint density at radius 1 is 0.450 bits per heavy atom. The molecule has 0 bridgehead atoms. The van der Waals surface area contributed by atoms with Crippen molar-refractivity contribution < 1.29 is 38.2 Å². The van der Waals surface area contributed by atoms with Crippen molar-refractivity contribution in [2.24, 2.45) is 0 Å². The number of aromatic nitrogens is 6. The zero-order valence-corrected chi connectivity index (χ0v) is 68.5. The Morgan fingerprint density at radius 2 is 0.800 bits per heavy atom. The van der Waals surface area contributed by atoms with Crippen molar-refractivity contribution in [3.63, 3.8) is 0 Å². The van der Waals surface area contributed by atoms with Gasteiger partial charge >= 0.3 is 25.6 Å². The monoisotopic (exact) mass is 1660 g/mol. The lowest BCUT2D eigenvalue weighted by Gasteiger charge is -2.24. The van der Waals surface area contributed by atoms with Crippen LogP contribution in [-0.4, -0.2) is 150 Å². The van der Waals surface area contributed by atoms with E-state index >= 15 is 0 Å². The first kappa shape index (κ1) is 80.6. The quantitative estimate of drug-likeness (QED) is 0.0162. The summed E-state index contributed by atoms with van der Waals surface area (Å²) < 4.78 is 16.7. The van der Waals surface area contributed by atoms with Crippen LogP contribution >= 0.6 is 46.4 Å². The average molecular weight is 1660 g/mol. The lowest BCUT2D eigenvalue weighted by Crippen LogP contribution is -2.54. The molecule has 0 atom stereocenters. The number of ether oxygens (including phenoxy) is 2. The van der Waals surface area contributed by atoms with Crippen molar-refractivity contribution in [1.82, 2.24) is 48.5 Å². The van der Waals surface area contributed by atoms with Crippen LogP contribution in [-0.2, 0) is 0 Å². The smallest absolute Gasteiger partial charge is 0.343 e. The molecule has 4 aromatic heterocycles. The van der Waals surface area contributed by atoms with Crippen molar-refractivity contribution in [3.8, 4) is 40.1 Å². The maximum absolute atomic E-state index is 14.7. The molecule has 120 heavy (non-hydrogen) atoms. The topological polar surface area (TPSA) is 223 Å². The third-order valence-corrected chi connectivity index (χ3v) is 23.5. The highest BCUT2D eigenvalue weighted by Gasteiger charge is 2.41. The van der Waals surface area contributed by atoms with Gasteiger partial charge in [0.05, 0.1) is 99.4 Å². The van der Waals surface area contributed by atoms with E-state index in [0.29, 0.717) is 81.3 Å². The molecule has 590 valence electrons. The van der Waals surface area contributed by atoms with Gasteiger partial charge in [-0.1, -0.05) is 217 Å². The number of esters is 2. The zero-order valence-electron chi connectivity index (χ0n) is 65.5. The van der Waals surface area contributed by atoms with Gasteiger partial charge in [-0.15, -0.1) is 0 Å². The Hall–Kier alpha value is -13.2. The van der Waals surface area contributed by atoms with Crippen LogP contribution in [0.2, 0.25) is 20.1 Å². The minimum atomic E-state index is -0.882. The summed E-state index contributed by atoms with van der Waals surface area (Å²) in [5.41, 5.74) is 6.93. The van der Waals surface area contributed by atoms with E-state index < -0.39 is 49.3 Å². The number of carbonyl (C=O) groups excluding carboxylic acids is 6. The first-order valence-electron chi connectivity index (χ1n) is 39.3. The Bertz CT molecular complexity index is 6200. The van der Waals surface area contributed by atoms with Gasteiger partial charge in [-0.3, -0.25) is 43.9 Å². The number of hydrogen-bond acceptors (Lipinski definition) is 15. The number of benzene rings is 10. The summed E-state index contributed by atoms with van der Waals surface area (Å²) in [5, 5.41) is 14.9.